The lowest BCUT2D eigenvalue weighted by Gasteiger charge is -1.98. The van der Waals surface area contributed by atoms with Crippen molar-refractivity contribution in [1.29, 1.82) is 0 Å². The molecule has 2 aromatic heterocycles. The number of hydrogen-bond donors (Lipinski definition) is 1. The predicted octanol–water partition coefficient (Wildman–Crippen LogP) is 3.06. The first-order valence-electron chi connectivity index (χ1n) is 5.49. The van der Waals surface area contributed by atoms with Gasteiger partial charge in [-0.1, -0.05) is 29.2 Å². The Balaban J connectivity index is 1.60. The Labute approximate surface area is 117 Å². The maximum Gasteiger partial charge on any atom is 0.229 e. The fourth-order valence-corrected chi connectivity index (χ4v) is 3.92. The standard InChI is InChI=1S/C11H11N3OS3/c1-16-11-14-13-10(18-11)12-9(15)7-5-6(7)8-3-2-4-17-8/h2-4,6-7H,5H2,1H3,(H,12,13,15). The van der Waals surface area contributed by atoms with Crippen LogP contribution < -0.4 is 5.32 Å². The van der Waals surface area contributed by atoms with Gasteiger partial charge >= 0.3 is 0 Å². The third-order valence-corrected chi connectivity index (χ3v) is 5.67. The molecule has 1 aliphatic carbocycles. The highest BCUT2D eigenvalue weighted by atomic mass is 32.2. The summed E-state index contributed by atoms with van der Waals surface area (Å²) in [4.78, 5) is 13.3. The van der Waals surface area contributed by atoms with Crippen LogP contribution in [-0.4, -0.2) is 22.4 Å². The second-order valence-corrected chi connectivity index (χ2v) is 7.04. The Morgan fingerprint density at radius 3 is 3.11 bits per heavy atom. The smallest absolute Gasteiger partial charge is 0.229 e. The summed E-state index contributed by atoms with van der Waals surface area (Å²) in [5.74, 6) is 0.570. The lowest BCUT2D eigenvalue weighted by molar-refractivity contribution is -0.117. The van der Waals surface area contributed by atoms with Gasteiger partial charge in [0.1, 0.15) is 0 Å². The van der Waals surface area contributed by atoms with E-state index >= 15 is 0 Å². The molecule has 1 amide bonds. The van der Waals surface area contributed by atoms with Crippen LogP contribution >= 0.6 is 34.4 Å². The molecular formula is C11H11N3OS3. The molecule has 1 saturated carbocycles. The Bertz CT molecular complexity index is 552. The van der Waals surface area contributed by atoms with Gasteiger partial charge in [-0.05, 0) is 24.1 Å². The summed E-state index contributed by atoms with van der Waals surface area (Å²) in [5, 5.41) is 13.4. The fraction of sp³-hybridized carbons (Fsp3) is 0.364. The van der Waals surface area contributed by atoms with Crippen molar-refractivity contribution in [3.8, 4) is 0 Å². The van der Waals surface area contributed by atoms with Gasteiger partial charge in [-0.3, -0.25) is 4.79 Å². The van der Waals surface area contributed by atoms with Crippen molar-refractivity contribution in [2.24, 2.45) is 5.92 Å². The van der Waals surface area contributed by atoms with Crippen LogP contribution in [0.4, 0.5) is 5.13 Å². The number of nitrogens with one attached hydrogen (secondary N) is 1. The monoisotopic (exact) mass is 297 g/mol. The van der Waals surface area contributed by atoms with E-state index in [0.717, 1.165) is 10.8 Å². The second-order valence-electron chi connectivity index (χ2n) is 4.03. The van der Waals surface area contributed by atoms with Crippen molar-refractivity contribution < 1.29 is 4.79 Å². The minimum absolute atomic E-state index is 0.0669. The largest absolute Gasteiger partial charge is 0.300 e. The van der Waals surface area contributed by atoms with E-state index in [0.29, 0.717) is 11.0 Å². The molecule has 2 atom stereocenters. The van der Waals surface area contributed by atoms with E-state index in [2.05, 4.69) is 27.0 Å². The maximum absolute atomic E-state index is 12.0. The number of thiophene rings is 1. The van der Waals surface area contributed by atoms with E-state index in [4.69, 9.17) is 0 Å². The molecule has 3 rings (SSSR count). The highest BCUT2D eigenvalue weighted by Crippen LogP contribution is 2.49. The highest BCUT2D eigenvalue weighted by Gasteiger charge is 2.44. The van der Waals surface area contributed by atoms with E-state index in [1.165, 1.54) is 28.0 Å². The molecule has 18 heavy (non-hydrogen) atoms. The SMILES string of the molecule is CSc1nnc(NC(=O)C2CC2c2cccs2)s1. The predicted molar refractivity (Wildman–Crippen MR) is 75.5 cm³/mol. The quantitative estimate of drug-likeness (QED) is 0.696. The fourth-order valence-electron chi connectivity index (χ4n) is 1.84. The van der Waals surface area contributed by atoms with Gasteiger partial charge in [0.05, 0.1) is 0 Å². The molecule has 7 heteroatoms. The molecule has 94 valence electrons. The van der Waals surface area contributed by atoms with Gasteiger partial charge in [0.2, 0.25) is 11.0 Å². The van der Waals surface area contributed by atoms with E-state index in [-0.39, 0.29) is 11.8 Å². The number of amides is 1. The van der Waals surface area contributed by atoms with Crippen LogP contribution in [0.15, 0.2) is 21.9 Å². The van der Waals surface area contributed by atoms with Crippen molar-refractivity contribution in [3.63, 3.8) is 0 Å². The van der Waals surface area contributed by atoms with Gasteiger partial charge in [0.25, 0.3) is 0 Å². The number of carbonyl (C=O) groups is 1. The third-order valence-electron chi connectivity index (χ3n) is 2.85. The average Bonchev–Trinajstić information content (AvgIpc) is 2.80. The first-order chi connectivity index (χ1) is 8.78. The molecule has 0 spiro atoms. The van der Waals surface area contributed by atoms with E-state index in [1.807, 2.05) is 12.3 Å². The number of rotatable bonds is 4. The lowest BCUT2D eigenvalue weighted by atomic mass is 10.2. The summed E-state index contributed by atoms with van der Waals surface area (Å²) in [6.45, 7) is 0. The summed E-state index contributed by atoms with van der Waals surface area (Å²) in [6.07, 6.45) is 2.89. The van der Waals surface area contributed by atoms with E-state index in [9.17, 15) is 4.79 Å². The van der Waals surface area contributed by atoms with Crippen LogP contribution in [0.5, 0.6) is 0 Å². The van der Waals surface area contributed by atoms with Gasteiger partial charge in [0, 0.05) is 16.7 Å². The zero-order valence-corrected chi connectivity index (χ0v) is 12.1. The van der Waals surface area contributed by atoms with Crippen LogP contribution in [-0.2, 0) is 4.79 Å². The first kappa shape index (κ1) is 12.1. The normalized spacial score (nSPS) is 21.8. The van der Waals surface area contributed by atoms with Crippen LogP contribution in [0.2, 0.25) is 0 Å². The molecule has 0 aliphatic heterocycles. The summed E-state index contributed by atoms with van der Waals surface area (Å²) >= 11 is 4.67. The number of thioether (sulfide) groups is 1. The molecule has 2 unspecified atom stereocenters. The number of carbonyl (C=O) groups excluding carboxylic acids is 1. The van der Waals surface area contributed by atoms with Crippen molar-refractivity contribution >= 4 is 45.5 Å². The van der Waals surface area contributed by atoms with Gasteiger partial charge in [-0.25, -0.2) is 0 Å². The minimum Gasteiger partial charge on any atom is -0.300 e. The Morgan fingerprint density at radius 1 is 1.56 bits per heavy atom. The summed E-state index contributed by atoms with van der Waals surface area (Å²) in [7, 11) is 0. The molecule has 2 heterocycles. The van der Waals surface area contributed by atoms with Crippen molar-refractivity contribution in [2.75, 3.05) is 11.6 Å². The maximum atomic E-state index is 12.0. The van der Waals surface area contributed by atoms with Crippen LogP contribution in [0.1, 0.15) is 17.2 Å². The molecule has 4 nitrogen and oxygen atoms in total. The van der Waals surface area contributed by atoms with Gasteiger partial charge in [-0.2, -0.15) is 0 Å². The van der Waals surface area contributed by atoms with E-state index in [1.54, 1.807) is 11.3 Å². The molecule has 1 N–H and O–H groups in total. The molecule has 2 aromatic rings. The first-order valence-corrected chi connectivity index (χ1v) is 8.42. The lowest BCUT2D eigenvalue weighted by Crippen LogP contribution is -2.14. The van der Waals surface area contributed by atoms with Crippen LogP contribution in [0.25, 0.3) is 0 Å². The highest BCUT2D eigenvalue weighted by molar-refractivity contribution is 8.00. The second kappa shape index (κ2) is 4.99. The molecule has 1 aliphatic rings. The number of hydrogen-bond acceptors (Lipinski definition) is 6. The number of nitrogens with zero attached hydrogens (tertiary/aromatic N) is 2. The Kier molecular flexibility index (Phi) is 3.36. The zero-order valence-electron chi connectivity index (χ0n) is 9.62. The zero-order chi connectivity index (χ0) is 12.5. The molecule has 1 fully saturated rings. The van der Waals surface area contributed by atoms with Crippen molar-refractivity contribution in [1.82, 2.24) is 10.2 Å². The number of aromatic nitrogens is 2. The number of anilines is 1. The van der Waals surface area contributed by atoms with Crippen molar-refractivity contribution in [2.45, 2.75) is 16.7 Å². The summed E-state index contributed by atoms with van der Waals surface area (Å²) < 4.78 is 0.871. The minimum atomic E-state index is 0.0669. The van der Waals surface area contributed by atoms with Crippen LogP contribution in [0.3, 0.4) is 0 Å². The van der Waals surface area contributed by atoms with Crippen LogP contribution in [0, 0.1) is 5.92 Å². The van der Waals surface area contributed by atoms with E-state index < -0.39 is 0 Å². The van der Waals surface area contributed by atoms with Gasteiger partial charge in [-0.15, -0.1) is 21.5 Å². The van der Waals surface area contributed by atoms with Gasteiger partial charge < -0.3 is 5.32 Å². The Hall–Kier alpha value is -0.920. The Morgan fingerprint density at radius 2 is 2.44 bits per heavy atom. The molecule has 0 radical (unpaired) electrons. The summed E-state index contributed by atoms with van der Waals surface area (Å²) in [5.41, 5.74) is 0. The summed E-state index contributed by atoms with van der Waals surface area (Å²) in [6, 6.07) is 4.13. The molecule has 0 aromatic carbocycles. The molecular weight excluding hydrogens is 286 g/mol. The topological polar surface area (TPSA) is 54.9 Å². The van der Waals surface area contributed by atoms with Crippen molar-refractivity contribution in [3.05, 3.63) is 22.4 Å². The third kappa shape index (κ3) is 2.43. The van der Waals surface area contributed by atoms with Gasteiger partial charge in [0.15, 0.2) is 4.34 Å². The molecule has 0 bridgehead atoms. The molecule has 0 saturated heterocycles. The average molecular weight is 297 g/mol.